The van der Waals surface area contributed by atoms with Gasteiger partial charge >= 0.3 is 5.69 Å². The first kappa shape index (κ1) is 22.1. The number of hydrogen-bond acceptors (Lipinski definition) is 5. The van der Waals surface area contributed by atoms with Crippen molar-refractivity contribution in [3.8, 4) is 5.75 Å². The number of halogens is 1. The van der Waals surface area contributed by atoms with Crippen LogP contribution in [0.15, 0.2) is 33.9 Å². The van der Waals surface area contributed by atoms with E-state index >= 15 is 0 Å². The zero-order valence-electron chi connectivity index (χ0n) is 17.3. The van der Waals surface area contributed by atoms with E-state index in [4.69, 9.17) is 16.3 Å². The average molecular weight is 435 g/mol. The molecule has 1 N–H and O–H groups in total. The van der Waals surface area contributed by atoms with Crippen LogP contribution in [0.2, 0.25) is 5.02 Å². The zero-order valence-corrected chi connectivity index (χ0v) is 18.1. The molecule has 2 heterocycles. The second kappa shape index (κ2) is 9.95. The fourth-order valence-electron chi connectivity index (χ4n) is 3.45. The van der Waals surface area contributed by atoms with Crippen LogP contribution in [0.1, 0.15) is 38.9 Å². The molecule has 0 aliphatic carbocycles. The van der Waals surface area contributed by atoms with Gasteiger partial charge in [0.15, 0.2) is 11.2 Å². The Kier molecular flexibility index (Phi) is 7.33. The van der Waals surface area contributed by atoms with Crippen molar-refractivity contribution in [2.45, 2.75) is 59.4 Å². The molecule has 0 spiro atoms. The summed E-state index contributed by atoms with van der Waals surface area (Å²) in [7, 11) is 0. The van der Waals surface area contributed by atoms with Gasteiger partial charge in [0, 0.05) is 18.1 Å². The summed E-state index contributed by atoms with van der Waals surface area (Å²) >= 11 is 5.97. The maximum absolute atomic E-state index is 13.2. The number of rotatable bonds is 10. The number of unbranched alkanes of at least 4 members (excludes halogenated alkanes) is 1. The quantitative estimate of drug-likeness (QED) is 0.529. The van der Waals surface area contributed by atoms with Crippen molar-refractivity contribution in [3.05, 3.63) is 56.0 Å². The number of fused-ring (bicyclic) bond motifs is 1. The van der Waals surface area contributed by atoms with Crippen molar-refractivity contribution >= 4 is 22.8 Å². The van der Waals surface area contributed by atoms with Gasteiger partial charge in [0.2, 0.25) is 0 Å². The van der Waals surface area contributed by atoms with Crippen molar-refractivity contribution in [2.75, 3.05) is 6.61 Å². The molecule has 1 aromatic carbocycles. The molecule has 162 valence electrons. The van der Waals surface area contributed by atoms with Crippen LogP contribution < -0.4 is 16.0 Å². The first-order chi connectivity index (χ1) is 14.5. The van der Waals surface area contributed by atoms with E-state index in [1.54, 1.807) is 28.8 Å². The first-order valence-electron chi connectivity index (χ1n) is 10.2. The van der Waals surface area contributed by atoms with Crippen LogP contribution in [0.3, 0.4) is 0 Å². The number of hydrogen-bond donors (Lipinski definition) is 1. The topological polar surface area (TPSA) is 91.3 Å². The summed E-state index contributed by atoms with van der Waals surface area (Å²) in [4.78, 5) is 30.8. The largest absolute Gasteiger partial charge is 0.492 e. The lowest BCUT2D eigenvalue weighted by Crippen LogP contribution is -2.41. The molecule has 8 nitrogen and oxygen atoms in total. The molecule has 0 aliphatic rings. The summed E-state index contributed by atoms with van der Waals surface area (Å²) in [5, 5.41) is 10.3. The third-order valence-electron chi connectivity index (χ3n) is 4.90. The Bertz CT molecular complexity index is 1130. The van der Waals surface area contributed by atoms with Crippen LogP contribution in [0.25, 0.3) is 11.2 Å². The Labute approximate surface area is 179 Å². The molecular weight excluding hydrogens is 408 g/mol. The number of nitrogens with zero attached hydrogens (tertiary/aromatic N) is 4. The van der Waals surface area contributed by atoms with Crippen molar-refractivity contribution in [3.63, 3.8) is 0 Å². The highest BCUT2D eigenvalue weighted by molar-refractivity contribution is 6.30. The lowest BCUT2D eigenvalue weighted by Gasteiger charge is -2.13. The van der Waals surface area contributed by atoms with Crippen molar-refractivity contribution < 1.29 is 9.84 Å². The summed E-state index contributed by atoms with van der Waals surface area (Å²) in [6, 6.07) is 6.96. The Morgan fingerprint density at radius 2 is 1.87 bits per heavy atom. The molecule has 30 heavy (non-hydrogen) atoms. The molecule has 0 aliphatic heterocycles. The molecule has 0 saturated heterocycles. The minimum absolute atomic E-state index is 0.0952. The summed E-state index contributed by atoms with van der Waals surface area (Å²) in [6.45, 7) is 4.95. The fourth-order valence-corrected chi connectivity index (χ4v) is 3.63. The second-order valence-corrected chi connectivity index (χ2v) is 7.50. The molecule has 0 atom stereocenters. The lowest BCUT2D eigenvalue weighted by atomic mass is 10.3. The highest BCUT2D eigenvalue weighted by Crippen LogP contribution is 2.17. The average Bonchev–Trinajstić information content (AvgIpc) is 3.09. The fraction of sp³-hybridized carbons (Fsp3) is 0.476. The van der Waals surface area contributed by atoms with Gasteiger partial charge in [-0.25, -0.2) is 9.78 Å². The minimum atomic E-state index is -0.418. The van der Waals surface area contributed by atoms with Gasteiger partial charge in [-0.2, -0.15) is 0 Å². The van der Waals surface area contributed by atoms with Gasteiger partial charge < -0.3 is 14.4 Å². The Balaban J connectivity index is 2.05. The van der Waals surface area contributed by atoms with E-state index in [2.05, 4.69) is 4.98 Å². The molecule has 3 rings (SSSR count). The first-order valence-corrected chi connectivity index (χ1v) is 10.6. The summed E-state index contributed by atoms with van der Waals surface area (Å²) < 4.78 is 10.1. The highest BCUT2D eigenvalue weighted by atomic mass is 35.5. The predicted molar refractivity (Wildman–Crippen MR) is 116 cm³/mol. The van der Waals surface area contributed by atoms with Gasteiger partial charge in [-0.1, -0.05) is 37.9 Å². The van der Waals surface area contributed by atoms with E-state index < -0.39 is 11.2 Å². The van der Waals surface area contributed by atoms with Crippen molar-refractivity contribution in [2.24, 2.45) is 0 Å². The third-order valence-corrected chi connectivity index (χ3v) is 5.13. The Morgan fingerprint density at radius 3 is 2.53 bits per heavy atom. The molecule has 3 aromatic rings. The number of aliphatic hydroxyl groups excluding tert-OH is 1. The molecule has 0 fully saturated rings. The molecule has 0 saturated carbocycles. The van der Waals surface area contributed by atoms with Crippen LogP contribution in [0.5, 0.6) is 5.75 Å². The van der Waals surface area contributed by atoms with Crippen LogP contribution >= 0.6 is 11.6 Å². The molecule has 0 unspecified atom stereocenters. The summed E-state index contributed by atoms with van der Waals surface area (Å²) in [5.74, 6) is 0.961. The van der Waals surface area contributed by atoms with E-state index in [-0.39, 0.29) is 19.8 Å². The normalized spacial score (nSPS) is 11.3. The molecule has 0 amide bonds. The number of aromatic nitrogens is 4. The predicted octanol–water partition coefficient (Wildman–Crippen LogP) is 2.79. The van der Waals surface area contributed by atoms with Crippen molar-refractivity contribution in [1.82, 2.24) is 18.7 Å². The number of aliphatic hydroxyl groups is 1. The molecule has 0 radical (unpaired) electrons. The van der Waals surface area contributed by atoms with E-state index in [1.807, 2.05) is 13.8 Å². The number of aryl methyl sites for hydroxylation is 2. The molecule has 9 heteroatoms. The second-order valence-electron chi connectivity index (χ2n) is 7.06. The van der Waals surface area contributed by atoms with E-state index in [0.29, 0.717) is 40.8 Å². The molecule has 2 aromatic heterocycles. The third kappa shape index (κ3) is 4.44. The van der Waals surface area contributed by atoms with E-state index in [0.717, 1.165) is 19.3 Å². The highest BCUT2D eigenvalue weighted by Gasteiger charge is 2.20. The van der Waals surface area contributed by atoms with Crippen molar-refractivity contribution in [1.29, 1.82) is 0 Å². The molecular formula is C21H27ClN4O4. The number of imidazole rings is 1. The Morgan fingerprint density at radius 1 is 1.07 bits per heavy atom. The van der Waals surface area contributed by atoms with Gasteiger partial charge in [0.25, 0.3) is 5.56 Å². The smallest absolute Gasteiger partial charge is 0.332 e. The van der Waals surface area contributed by atoms with Gasteiger partial charge in [-0.15, -0.1) is 0 Å². The monoisotopic (exact) mass is 434 g/mol. The lowest BCUT2D eigenvalue weighted by molar-refractivity contribution is 0.265. The number of ether oxygens (including phenoxy) is 1. The maximum atomic E-state index is 13.2. The maximum Gasteiger partial charge on any atom is 0.332 e. The van der Waals surface area contributed by atoms with Crippen LogP contribution in [0, 0.1) is 0 Å². The van der Waals surface area contributed by atoms with Gasteiger partial charge in [0.1, 0.15) is 24.8 Å². The zero-order chi connectivity index (χ0) is 21.7. The van der Waals surface area contributed by atoms with Gasteiger partial charge in [0.05, 0.1) is 6.54 Å². The van der Waals surface area contributed by atoms with Gasteiger partial charge in [-0.05, 0) is 31.0 Å². The van der Waals surface area contributed by atoms with Crippen LogP contribution in [-0.4, -0.2) is 30.4 Å². The van der Waals surface area contributed by atoms with Crippen LogP contribution in [-0.2, 0) is 26.2 Å². The number of benzene rings is 1. The summed E-state index contributed by atoms with van der Waals surface area (Å²) in [6.07, 6.45) is 2.44. The van der Waals surface area contributed by atoms with E-state index in [9.17, 15) is 14.7 Å². The standard InChI is InChI=1S/C21H27ClN4O4/c1-3-5-10-25-19-18(24(9-4-2)17(14-27)23-19)20(28)26(21(25)29)11-12-30-16-8-6-7-15(22)13-16/h6-8,13,27H,3-5,9-12,14H2,1-2H3. The molecule has 0 bridgehead atoms. The van der Waals surface area contributed by atoms with Gasteiger partial charge in [-0.3, -0.25) is 13.9 Å². The Hall–Kier alpha value is -2.58. The van der Waals surface area contributed by atoms with Crippen LogP contribution in [0.4, 0.5) is 0 Å². The SMILES string of the molecule is CCCCn1c(=O)n(CCOc2cccc(Cl)c2)c(=O)c2c1nc(CO)n2CCC. The minimum Gasteiger partial charge on any atom is -0.492 e. The summed E-state index contributed by atoms with van der Waals surface area (Å²) in [5.41, 5.74) is -0.151. The van der Waals surface area contributed by atoms with E-state index in [1.165, 1.54) is 9.13 Å².